The molecule has 0 saturated carbocycles. The van der Waals surface area contributed by atoms with Gasteiger partial charge in [-0.1, -0.05) is 49.4 Å². The number of rotatable bonds is 7. The van der Waals surface area contributed by atoms with Crippen molar-refractivity contribution in [1.82, 2.24) is 0 Å². The van der Waals surface area contributed by atoms with Crippen molar-refractivity contribution in [1.29, 1.82) is 0 Å². The van der Waals surface area contributed by atoms with Crippen LogP contribution in [0.15, 0.2) is 59.2 Å². The van der Waals surface area contributed by atoms with E-state index in [0.717, 1.165) is 29.7 Å². The molecule has 2 aromatic rings. The molecule has 0 aromatic heterocycles. The van der Waals surface area contributed by atoms with Crippen molar-refractivity contribution in [2.24, 2.45) is 4.99 Å². The number of unbranched alkanes of at least 4 members (excludes halogenated alkanes) is 1. The Hall–Kier alpha value is -2.86. The number of anilines is 1. The van der Waals surface area contributed by atoms with E-state index in [1.807, 2.05) is 37.3 Å². The van der Waals surface area contributed by atoms with Crippen LogP contribution in [-0.2, 0) is 9.53 Å². The van der Waals surface area contributed by atoms with Gasteiger partial charge in [-0.2, -0.15) is 0 Å². The molecule has 0 bridgehead atoms. The molecule has 1 heterocycles. The lowest BCUT2D eigenvalue weighted by Crippen LogP contribution is -2.30. The number of aryl methyl sites for hydroxylation is 1. The topological polar surface area (TPSA) is 59.0 Å². The van der Waals surface area contributed by atoms with Gasteiger partial charge in [0.15, 0.2) is 5.17 Å². The van der Waals surface area contributed by atoms with Gasteiger partial charge < -0.3 is 4.74 Å². The van der Waals surface area contributed by atoms with Crippen LogP contribution in [-0.4, -0.2) is 29.4 Å². The SMILES string of the molecule is CCCCSC1=NC(=Cc2ccccc2C)C(=O)N1c1ccc(C(=O)OCC)cc1. The average molecular weight is 423 g/mol. The number of esters is 1. The quantitative estimate of drug-likeness (QED) is 0.338. The molecule has 1 aliphatic heterocycles. The number of aliphatic imine (C=N–C) groups is 1. The van der Waals surface area contributed by atoms with E-state index < -0.39 is 0 Å². The molecule has 30 heavy (non-hydrogen) atoms. The Bertz CT molecular complexity index is 980. The second kappa shape index (κ2) is 10.3. The largest absolute Gasteiger partial charge is 0.462 e. The van der Waals surface area contributed by atoms with Gasteiger partial charge in [0.25, 0.3) is 5.91 Å². The van der Waals surface area contributed by atoms with Gasteiger partial charge in [0.2, 0.25) is 0 Å². The maximum atomic E-state index is 13.2. The van der Waals surface area contributed by atoms with E-state index >= 15 is 0 Å². The molecule has 0 atom stereocenters. The van der Waals surface area contributed by atoms with E-state index in [0.29, 0.717) is 28.7 Å². The monoisotopic (exact) mass is 422 g/mol. The Labute approximate surface area is 181 Å². The Morgan fingerprint density at radius 2 is 1.87 bits per heavy atom. The summed E-state index contributed by atoms with van der Waals surface area (Å²) >= 11 is 1.58. The van der Waals surface area contributed by atoms with Gasteiger partial charge in [0, 0.05) is 5.75 Å². The summed E-state index contributed by atoms with van der Waals surface area (Å²) in [6.07, 6.45) is 3.96. The Morgan fingerprint density at radius 1 is 1.13 bits per heavy atom. The fraction of sp³-hybridized carbons (Fsp3) is 0.292. The molecule has 1 aliphatic rings. The standard InChI is InChI=1S/C24H26N2O3S/c1-4-6-15-30-24-25-21(16-19-10-8-7-9-17(19)3)22(27)26(24)20-13-11-18(12-14-20)23(28)29-5-2/h7-14,16H,4-6,15H2,1-3H3. The van der Waals surface area contributed by atoms with E-state index in [1.165, 1.54) is 0 Å². The molecule has 3 rings (SSSR count). The van der Waals surface area contributed by atoms with Crippen LogP contribution in [0.4, 0.5) is 5.69 Å². The number of ether oxygens (including phenoxy) is 1. The molecule has 0 saturated heterocycles. The van der Waals surface area contributed by atoms with Crippen molar-refractivity contribution < 1.29 is 14.3 Å². The van der Waals surface area contributed by atoms with Crippen molar-refractivity contribution in [3.8, 4) is 0 Å². The summed E-state index contributed by atoms with van der Waals surface area (Å²) in [6, 6.07) is 14.8. The Morgan fingerprint density at radius 3 is 2.53 bits per heavy atom. The molecular weight excluding hydrogens is 396 g/mol. The summed E-state index contributed by atoms with van der Waals surface area (Å²) in [5.74, 6) is 0.349. The van der Waals surface area contributed by atoms with Gasteiger partial charge in [0.1, 0.15) is 5.70 Å². The Kier molecular flexibility index (Phi) is 7.46. The first-order chi connectivity index (χ1) is 14.5. The highest BCUT2D eigenvalue weighted by Crippen LogP contribution is 2.30. The second-order valence-corrected chi connectivity index (χ2v) is 7.95. The molecule has 2 aromatic carbocycles. The van der Waals surface area contributed by atoms with Gasteiger partial charge in [-0.25, -0.2) is 9.79 Å². The molecule has 6 heteroatoms. The highest BCUT2D eigenvalue weighted by atomic mass is 32.2. The summed E-state index contributed by atoms with van der Waals surface area (Å²) in [5.41, 5.74) is 3.62. The molecule has 0 aliphatic carbocycles. The normalized spacial score (nSPS) is 14.9. The minimum Gasteiger partial charge on any atom is -0.462 e. The first-order valence-corrected chi connectivity index (χ1v) is 11.1. The lowest BCUT2D eigenvalue weighted by Gasteiger charge is -2.18. The maximum Gasteiger partial charge on any atom is 0.338 e. The van der Waals surface area contributed by atoms with Crippen LogP contribution in [0.25, 0.3) is 6.08 Å². The molecule has 1 amide bonds. The fourth-order valence-corrected chi connectivity index (χ4v) is 4.08. The van der Waals surface area contributed by atoms with E-state index in [1.54, 1.807) is 47.9 Å². The number of amides is 1. The zero-order valence-corrected chi connectivity index (χ0v) is 18.4. The molecule has 0 N–H and O–H groups in total. The summed E-state index contributed by atoms with van der Waals surface area (Å²) in [4.78, 5) is 31.4. The zero-order chi connectivity index (χ0) is 21.5. The molecule has 0 unspecified atom stereocenters. The molecule has 156 valence electrons. The van der Waals surface area contributed by atoms with Crippen LogP contribution >= 0.6 is 11.8 Å². The molecule has 0 spiro atoms. The van der Waals surface area contributed by atoms with Crippen LogP contribution in [0, 0.1) is 6.92 Å². The van der Waals surface area contributed by atoms with E-state index in [-0.39, 0.29) is 11.9 Å². The number of benzene rings is 2. The number of hydrogen-bond donors (Lipinski definition) is 0. The highest BCUT2D eigenvalue weighted by molar-refractivity contribution is 8.14. The fourth-order valence-electron chi connectivity index (χ4n) is 2.99. The van der Waals surface area contributed by atoms with Crippen LogP contribution in [0.1, 0.15) is 48.2 Å². The van der Waals surface area contributed by atoms with Crippen molar-refractivity contribution in [3.05, 3.63) is 70.9 Å². The van der Waals surface area contributed by atoms with Crippen LogP contribution in [0.2, 0.25) is 0 Å². The van der Waals surface area contributed by atoms with Gasteiger partial charge >= 0.3 is 5.97 Å². The first kappa shape index (κ1) is 21.8. The van der Waals surface area contributed by atoms with E-state index in [4.69, 9.17) is 4.74 Å². The van der Waals surface area contributed by atoms with E-state index in [9.17, 15) is 9.59 Å². The molecular formula is C24H26N2O3S. The number of carbonyl (C=O) groups excluding carboxylic acids is 2. The third-order valence-corrected chi connectivity index (χ3v) is 5.70. The van der Waals surface area contributed by atoms with E-state index in [2.05, 4.69) is 11.9 Å². The minimum atomic E-state index is -0.372. The summed E-state index contributed by atoms with van der Waals surface area (Å²) < 4.78 is 5.04. The third kappa shape index (κ3) is 5.00. The van der Waals surface area contributed by atoms with Gasteiger partial charge in [-0.3, -0.25) is 9.69 Å². The predicted octanol–water partition coefficient (Wildman–Crippen LogP) is 5.45. The van der Waals surface area contributed by atoms with Crippen LogP contribution in [0.5, 0.6) is 0 Å². The first-order valence-electron chi connectivity index (χ1n) is 10.2. The van der Waals surface area contributed by atoms with Crippen molar-refractivity contribution >= 4 is 40.6 Å². The maximum absolute atomic E-state index is 13.2. The summed E-state index contributed by atoms with van der Waals surface area (Å²) in [5, 5.41) is 0.664. The van der Waals surface area contributed by atoms with Crippen molar-refractivity contribution in [3.63, 3.8) is 0 Å². The van der Waals surface area contributed by atoms with Crippen LogP contribution in [0.3, 0.4) is 0 Å². The smallest absolute Gasteiger partial charge is 0.338 e. The minimum absolute atomic E-state index is 0.166. The van der Waals surface area contributed by atoms with Crippen molar-refractivity contribution in [2.75, 3.05) is 17.3 Å². The number of amidine groups is 1. The summed E-state index contributed by atoms with van der Waals surface area (Å²) in [6.45, 7) is 6.24. The highest BCUT2D eigenvalue weighted by Gasteiger charge is 2.32. The Balaban J connectivity index is 1.92. The zero-order valence-electron chi connectivity index (χ0n) is 17.6. The number of thioether (sulfide) groups is 1. The lowest BCUT2D eigenvalue weighted by atomic mass is 10.1. The molecule has 0 fully saturated rings. The number of carbonyl (C=O) groups is 2. The van der Waals surface area contributed by atoms with Gasteiger partial charge in [-0.05, 0) is 61.7 Å². The second-order valence-electron chi connectivity index (χ2n) is 6.89. The third-order valence-electron chi connectivity index (χ3n) is 4.68. The van der Waals surface area contributed by atoms with Gasteiger partial charge in [0.05, 0.1) is 17.9 Å². The summed E-state index contributed by atoms with van der Waals surface area (Å²) in [7, 11) is 0. The van der Waals surface area contributed by atoms with Gasteiger partial charge in [-0.15, -0.1) is 0 Å². The predicted molar refractivity (Wildman–Crippen MR) is 124 cm³/mol. The molecule has 5 nitrogen and oxygen atoms in total. The average Bonchev–Trinajstić information content (AvgIpc) is 3.05. The number of nitrogens with zero attached hydrogens (tertiary/aromatic N) is 2. The molecule has 0 radical (unpaired) electrons. The van der Waals surface area contributed by atoms with Crippen molar-refractivity contribution in [2.45, 2.75) is 33.6 Å². The lowest BCUT2D eigenvalue weighted by molar-refractivity contribution is -0.113. The number of hydrogen-bond acceptors (Lipinski definition) is 5. The van der Waals surface area contributed by atoms with Crippen LogP contribution < -0.4 is 4.90 Å².